The van der Waals surface area contributed by atoms with E-state index in [4.69, 9.17) is 0 Å². The molecule has 0 fully saturated rings. The second kappa shape index (κ2) is 9.25. The largest absolute Gasteiger partial charge is 0.390 e. The van der Waals surface area contributed by atoms with Gasteiger partial charge in [0.05, 0.1) is 17.9 Å². The minimum Gasteiger partial charge on any atom is -0.390 e. The second-order valence-corrected chi connectivity index (χ2v) is 7.12. The first kappa shape index (κ1) is 17.3. The third kappa shape index (κ3) is 8.08. The van der Waals surface area contributed by atoms with Crippen molar-refractivity contribution in [1.29, 1.82) is 0 Å². The van der Waals surface area contributed by atoms with Crippen LogP contribution < -0.4 is 5.32 Å². The molecule has 102 valence electrons. The molecular formula is C12H25NO2S2. The van der Waals surface area contributed by atoms with Gasteiger partial charge in [-0.05, 0) is 11.5 Å². The summed E-state index contributed by atoms with van der Waals surface area (Å²) in [5.41, 5.74) is 0. The summed E-state index contributed by atoms with van der Waals surface area (Å²) in [6.07, 6.45) is 1.30. The summed E-state index contributed by atoms with van der Waals surface area (Å²) in [7, 11) is 0. The Labute approximate surface area is 114 Å². The van der Waals surface area contributed by atoms with Gasteiger partial charge >= 0.3 is 0 Å². The van der Waals surface area contributed by atoms with E-state index in [1.165, 1.54) is 11.8 Å². The van der Waals surface area contributed by atoms with Crippen LogP contribution in [0.2, 0.25) is 0 Å². The maximum absolute atomic E-state index is 11.9. The zero-order valence-electron chi connectivity index (χ0n) is 11.4. The number of aliphatic hydroxyl groups excluding tert-OH is 1. The number of Topliss-reactive ketones (excluding diaryl/α,β-unsaturated/α-hetero) is 1. The molecule has 0 rings (SSSR count). The van der Waals surface area contributed by atoms with Gasteiger partial charge in [0.25, 0.3) is 0 Å². The number of thioether (sulfide) groups is 2. The molecule has 5 heteroatoms. The molecule has 0 spiro atoms. The van der Waals surface area contributed by atoms with E-state index in [9.17, 15) is 9.90 Å². The van der Waals surface area contributed by atoms with Crippen molar-refractivity contribution in [2.24, 2.45) is 0 Å². The maximum Gasteiger partial charge on any atom is 0.162 e. The molecule has 2 unspecified atom stereocenters. The fraction of sp³-hybridized carbons (Fsp3) is 0.917. The highest BCUT2D eigenvalue weighted by Gasteiger charge is 2.26. The van der Waals surface area contributed by atoms with E-state index in [0.717, 1.165) is 0 Å². The Morgan fingerprint density at radius 3 is 2.29 bits per heavy atom. The molecule has 0 saturated carbocycles. The van der Waals surface area contributed by atoms with Crippen LogP contribution in [0.5, 0.6) is 0 Å². The van der Waals surface area contributed by atoms with Crippen molar-refractivity contribution in [3.8, 4) is 0 Å². The van der Waals surface area contributed by atoms with E-state index in [1.807, 2.05) is 20.1 Å². The van der Waals surface area contributed by atoms with Gasteiger partial charge < -0.3 is 10.4 Å². The monoisotopic (exact) mass is 279 g/mol. The normalized spacial score (nSPS) is 15.3. The van der Waals surface area contributed by atoms with Crippen molar-refractivity contribution in [2.75, 3.05) is 17.8 Å². The van der Waals surface area contributed by atoms with Crippen molar-refractivity contribution in [2.45, 2.75) is 51.1 Å². The fourth-order valence-electron chi connectivity index (χ4n) is 1.40. The lowest BCUT2D eigenvalue weighted by molar-refractivity contribution is -0.121. The minimum absolute atomic E-state index is 0.0862. The summed E-state index contributed by atoms with van der Waals surface area (Å²) in [6.45, 7) is 8.15. The number of nitrogens with one attached hydrogen (secondary N) is 1. The number of hydrogen-bond acceptors (Lipinski definition) is 5. The lowest BCUT2D eigenvalue weighted by Crippen LogP contribution is -2.50. The molecule has 0 heterocycles. The molecule has 2 atom stereocenters. The van der Waals surface area contributed by atoms with Crippen LogP contribution in [0.4, 0.5) is 0 Å². The quantitative estimate of drug-likeness (QED) is 0.674. The Morgan fingerprint density at radius 2 is 1.88 bits per heavy atom. The molecule has 0 bridgehead atoms. The number of carbonyl (C=O) groups excluding carboxylic acids is 1. The fourth-order valence-corrected chi connectivity index (χ4v) is 2.64. The first-order chi connectivity index (χ1) is 7.88. The first-order valence-electron chi connectivity index (χ1n) is 5.95. The molecule has 17 heavy (non-hydrogen) atoms. The predicted octanol–water partition coefficient (Wildman–Crippen LogP) is 1.79. The second-order valence-electron chi connectivity index (χ2n) is 4.65. The van der Waals surface area contributed by atoms with Gasteiger partial charge in [0.1, 0.15) is 0 Å². The van der Waals surface area contributed by atoms with E-state index >= 15 is 0 Å². The summed E-state index contributed by atoms with van der Waals surface area (Å²) in [5, 5.41) is 13.7. The van der Waals surface area contributed by atoms with Crippen LogP contribution in [0.25, 0.3) is 0 Å². The summed E-state index contributed by atoms with van der Waals surface area (Å²) in [6, 6.07) is -0.238. The molecule has 2 N–H and O–H groups in total. The molecule has 0 aliphatic carbocycles. The van der Waals surface area contributed by atoms with Crippen molar-refractivity contribution in [3.63, 3.8) is 0 Å². The molecule has 3 nitrogen and oxygen atoms in total. The van der Waals surface area contributed by atoms with Crippen LogP contribution in [0.15, 0.2) is 0 Å². The highest BCUT2D eigenvalue weighted by atomic mass is 32.2. The Bertz CT molecular complexity index is 223. The Kier molecular flexibility index (Phi) is 9.41. The molecular weight excluding hydrogens is 254 g/mol. The van der Waals surface area contributed by atoms with Gasteiger partial charge in [0, 0.05) is 11.8 Å². The number of aliphatic hydroxyl groups is 1. The summed E-state index contributed by atoms with van der Waals surface area (Å²) in [5.74, 6) is 1.14. The number of hydrogen-bond donors (Lipinski definition) is 2. The van der Waals surface area contributed by atoms with Crippen LogP contribution >= 0.6 is 23.5 Å². The van der Waals surface area contributed by atoms with Crippen molar-refractivity contribution < 1.29 is 9.90 Å². The van der Waals surface area contributed by atoms with Gasteiger partial charge in [-0.1, -0.05) is 27.7 Å². The SMILES string of the molecule is CSCC(=O)C(NC(C)C)C(O)CSC(C)C. The summed E-state index contributed by atoms with van der Waals surface area (Å²) >= 11 is 3.18. The van der Waals surface area contributed by atoms with Crippen LogP contribution in [-0.2, 0) is 4.79 Å². The number of rotatable bonds is 9. The first-order valence-corrected chi connectivity index (χ1v) is 8.40. The summed E-state index contributed by atoms with van der Waals surface area (Å²) < 4.78 is 0. The van der Waals surface area contributed by atoms with Crippen LogP contribution in [0.3, 0.4) is 0 Å². The van der Waals surface area contributed by atoms with Gasteiger partial charge in [-0.2, -0.15) is 23.5 Å². The number of carbonyl (C=O) groups is 1. The topological polar surface area (TPSA) is 49.3 Å². The van der Waals surface area contributed by atoms with E-state index in [0.29, 0.717) is 16.8 Å². The predicted molar refractivity (Wildman–Crippen MR) is 79.0 cm³/mol. The van der Waals surface area contributed by atoms with Gasteiger partial charge in [-0.25, -0.2) is 0 Å². The molecule has 0 aliphatic heterocycles. The van der Waals surface area contributed by atoms with E-state index < -0.39 is 12.1 Å². The smallest absolute Gasteiger partial charge is 0.162 e. The van der Waals surface area contributed by atoms with E-state index in [1.54, 1.807) is 11.8 Å². The van der Waals surface area contributed by atoms with E-state index in [2.05, 4.69) is 19.2 Å². The third-order valence-electron chi connectivity index (χ3n) is 2.13. The standard InChI is InChI=1S/C12H25NO2S2/c1-8(2)13-12(10(14)6-16-5)11(15)7-17-9(3)4/h8-9,11-13,15H,6-7H2,1-5H3. The molecule has 0 aromatic rings. The molecule has 0 aliphatic rings. The Morgan fingerprint density at radius 1 is 1.29 bits per heavy atom. The van der Waals surface area contributed by atoms with Crippen molar-refractivity contribution >= 4 is 29.3 Å². The molecule has 0 radical (unpaired) electrons. The van der Waals surface area contributed by atoms with Gasteiger partial charge in [0.15, 0.2) is 5.78 Å². The van der Waals surface area contributed by atoms with Gasteiger partial charge in [-0.15, -0.1) is 0 Å². The lowest BCUT2D eigenvalue weighted by Gasteiger charge is -2.25. The highest BCUT2D eigenvalue weighted by molar-refractivity contribution is 8.00. The molecule has 0 aromatic carbocycles. The Hall–Kier alpha value is 0.290. The van der Waals surface area contributed by atoms with E-state index in [-0.39, 0.29) is 11.8 Å². The van der Waals surface area contributed by atoms with Gasteiger partial charge in [0.2, 0.25) is 0 Å². The minimum atomic E-state index is -0.607. The molecule has 0 saturated heterocycles. The average Bonchev–Trinajstić information content (AvgIpc) is 2.22. The van der Waals surface area contributed by atoms with Crippen molar-refractivity contribution in [3.05, 3.63) is 0 Å². The molecule has 0 aromatic heterocycles. The Balaban J connectivity index is 4.38. The highest BCUT2D eigenvalue weighted by Crippen LogP contribution is 2.14. The number of ketones is 1. The summed E-state index contributed by atoms with van der Waals surface area (Å²) in [4.78, 5) is 11.9. The maximum atomic E-state index is 11.9. The van der Waals surface area contributed by atoms with Crippen LogP contribution in [0, 0.1) is 0 Å². The average molecular weight is 279 g/mol. The lowest BCUT2D eigenvalue weighted by atomic mass is 10.1. The zero-order chi connectivity index (χ0) is 13.4. The third-order valence-corrected chi connectivity index (χ3v) is 3.91. The zero-order valence-corrected chi connectivity index (χ0v) is 13.0. The molecule has 0 amide bonds. The van der Waals surface area contributed by atoms with Crippen molar-refractivity contribution in [1.82, 2.24) is 5.32 Å². The van der Waals surface area contributed by atoms with Crippen LogP contribution in [-0.4, -0.2) is 52.1 Å². The van der Waals surface area contributed by atoms with Crippen LogP contribution in [0.1, 0.15) is 27.7 Å². The van der Waals surface area contributed by atoms with Gasteiger partial charge in [-0.3, -0.25) is 4.79 Å².